The number of carbonyl (C=O) groups excluding carboxylic acids is 1. The van der Waals surface area contributed by atoms with Crippen LogP contribution in [0, 0.1) is 0 Å². The normalized spacial score (nSPS) is 10.7. The minimum atomic E-state index is -0.0376. The average Bonchev–Trinajstić information content (AvgIpc) is 2.18. The standard InChI is InChI=1S/C11H14BrNO2/c1-7(2)15-6-11(14)8-3-4-10(13)9(12)5-8/h3-5,7H,6,13H2,1-2H3. The third kappa shape index (κ3) is 3.64. The Hall–Kier alpha value is -0.870. The van der Waals surface area contributed by atoms with Gasteiger partial charge < -0.3 is 10.5 Å². The first-order chi connectivity index (χ1) is 7.00. The molecule has 1 aromatic carbocycles. The van der Waals surface area contributed by atoms with Gasteiger partial charge >= 0.3 is 0 Å². The van der Waals surface area contributed by atoms with E-state index < -0.39 is 0 Å². The van der Waals surface area contributed by atoms with E-state index in [9.17, 15) is 4.79 Å². The molecule has 0 unspecified atom stereocenters. The van der Waals surface area contributed by atoms with Crippen LogP contribution in [0.3, 0.4) is 0 Å². The van der Waals surface area contributed by atoms with E-state index in [1.165, 1.54) is 0 Å². The van der Waals surface area contributed by atoms with Crippen molar-refractivity contribution in [2.45, 2.75) is 20.0 Å². The van der Waals surface area contributed by atoms with Crippen LogP contribution < -0.4 is 5.73 Å². The number of hydrogen-bond acceptors (Lipinski definition) is 3. The van der Waals surface area contributed by atoms with Crippen LogP contribution in [0.1, 0.15) is 24.2 Å². The molecule has 0 spiro atoms. The van der Waals surface area contributed by atoms with Crippen LogP contribution in [0.2, 0.25) is 0 Å². The number of hydrogen-bond donors (Lipinski definition) is 1. The largest absolute Gasteiger partial charge is 0.398 e. The summed E-state index contributed by atoms with van der Waals surface area (Å²) >= 11 is 3.28. The SMILES string of the molecule is CC(C)OCC(=O)c1ccc(N)c(Br)c1. The number of rotatable bonds is 4. The molecule has 0 saturated heterocycles. The van der Waals surface area contributed by atoms with Crippen LogP contribution in [0.5, 0.6) is 0 Å². The summed E-state index contributed by atoms with van der Waals surface area (Å²) in [6, 6.07) is 5.11. The number of carbonyl (C=O) groups is 1. The lowest BCUT2D eigenvalue weighted by molar-refractivity contribution is 0.0585. The van der Waals surface area contributed by atoms with Crippen molar-refractivity contribution in [2.75, 3.05) is 12.3 Å². The van der Waals surface area contributed by atoms with Crippen molar-refractivity contribution >= 4 is 27.4 Å². The maximum atomic E-state index is 11.6. The van der Waals surface area contributed by atoms with Gasteiger partial charge in [-0.2, -0.15) is 0 Å². The zero-order valence-electron chi connectivity index (χ0n) is 8.79. The Bertz CT molecular complexity index is 364. The Morgan fingerprint density at radius 2 is 2.20 bits per heavy atom. The van der Waals surface area contributed by atoms with Crippen LogP contribution in [0.4, 0.5) is 5.69 Å². The second-order valence-corrected chi connectivity index (χ2v) is 4.37. The number of benzene rings is 1. The van der Waals surface area contributed by atoms with Crippen molar-refractivity contribution in [1.82, 2.24) is 0 Å². The average molecular weight is 272 g/mol. The highest BCUT2D eigenvalue weighted by molar-refractivity contribution is 9.10. The van der Waals surface area contributed by atoms with Gasteiger partial charge in [-0.1, -0.05) is 0 Å². The predicted molar refractivity (Wildman–Crippen MR) is 64.0 cm³/mol. The van der Waals surface area contributed by atoms with Crippen LogP contribution >= 0.6 is 15.9 Å². The summed E-state index contributed by atoms with van der Waals surface area (Å²) in [5.74, 6) is -0.0376. The van der Waals surface area contributed by atoms with Crippen LogP contribution in [0.15, 0.2) is 22.7 Å². The van der Waals surface area contributed by atoms with E-state index >= 15 is 0 Å². The molecule has 0 radical (unpaired) electrons. The first-order valence-electron chi connectivity index (χ1n) is 4.70. The molecule has 0 atom stereocenters. The molecule has 0 amide bonds. The van der Waals surface area contributed by atoms with Crippen molar-refractivity contribution in [1.29, 1.82) is 0 Å². The van der Waals surface area contributed by atoms with Gasteiger partial charge in [0.1, 0.15) is 6.61 Å². The smallest absolute Gasteiger partial charge is 0.188 e. The topological polar surface area (TPSA) is 52.3 Å². The highest BCUT2D eigenvalue weighted by atomic mass is 79.9. The van der Waals surface area contributed by atoms with Crippen molar-refractivity contribution in [2.24, 2.45) is 0 Å². The van der Waals surface area contributed by atoms with Crippen LogP contribution in [0.25, 0.3) is 0 Å². The molecule has 1 rings (SSSR count). The highest BCUT2D eigenvalue weighted by Gasteiger charge is 2.08. The molecule has 0 aliphatic rings. The van der Waals surface area contributed by atoms with E-state index in [0.29, 0.717) is 11.3 Å². The van der Waals surface area contributed by atoms with Crippen molar-refractivity contribution in [3.63, 3.8) is 0 Å². The molecule has 3 nitrogen and oxygen atoms in total. The lowest BCUT2D eigenvalue weighted by atomic mass is 10.1. The maximum absolute atomic E-state index is 11.6. The lowest BCUT2D eigenvalue weighted by Crippen LogP contribution is -2.13. The number of ketones is 1. The molecule has 0 aliphatic carbocycles. The Kier molecular flexibility index (Phi) is 4.29. The van der Waals surface area contributed by atoms with Gasteiger partial charge in [0, 0.05) is 15.7 Å². The molecule has 0 heterocycles. The van der Waals surface area contributed by atoms with E-state index in [0.717, 1.165) is 4.47 Å². The first-order valence-corrected chi connectivity index (χ1v) is 5.50. The van der Waals surface area contributed by atoms with E-state index in [1.54, 1.807) is 18.2 Å². The summed E-state index contributed by atoms with van der Waals surface area (Å²) in [6.07, 6.45) is 0.0613. The van der Waals surface area contributed by atoms with Gasteiger partial charge in [-0.25, -0.2) is 0 Å². The summed E-state index contributed by atoms with van der Waals surface area (Å²) in [7, 11) is 0. The van der Waals surface area contributed by atoms with Gasteiger partial charge in [0.25, 0.3) is 0 Å². The number of halogens is 1. The first kappa shape index (κ1) is 12.2. The van der Waals surface area contributed by atoms with Gasteiger partial charge in [0.05, 0.1) is 6.10 Å². The predicted octanol–water partition coefficient (Wildman–Crippen LogP) is 2.64. The Labute approximate surface area is 97.7 Å². The minimum absolute atomic E-state index is 0.0376. The lowest BCUT2D eigenvalue weighted by Gasteiger charge is -2.07. The van der Waals surface area contributed by atoms with Crippen molar-refractivity contribution in [3.8, 4) is 0 Å². The van der Waals surface area contributed by atoms with Crippen LogP contribution in [-0.2, 0) is 4.74 Å². The van der Waals surface area contributed by atoms with E-state index in [1.807, 2.05) is 13.8 Å². The van der Waals surface area contributed by atoms with E-state index in [4.69, 9.17) is 10.5 Å². The maximum Gasteiger partial charge on any atom is 0.188 e. The molecular weight excluding hydrogens is 258 g/mol. The molecule has 1 aromatic rings. The third-order valence-electron chi connectivity index (χ3n) is 1.87. The quantitative estimate of drug-likeness (QED) is 0.677. The van der Waals surface area contributed by atoms with Gasteiger partial charge in [-0.3, -0.25) is 4.79 Å². The summed E-state index contributed by atoms with van der Waals surface area (Å²) in [6.45, 7) is 3.90. The Morgan fingerprint density at radius 3 is 2.73 bits per heavy atom. The molecule has 0 aliphatic heterocycles. The molecule has 0 fully saturated rings. The van der Waals surface area contributed by atoms with Gasteiger partial charge in [-0.05, 0) is 48.0 Å². The number of nitrogen functional groups attached to an aromatic ring is 1. The second-order valence-electron chi connectivity index (χ2n) is 3.52. The summed E-state index contributed by atoms with van der Waals surface area (Å²) < 4.78 is 5.97. The molecule has 82 valence electrons. The molecule has 15 heavy (non-hydrogen) atoms. The van der Waals surface area contributed by atoms with E-state index in [-0.39, 0.29) is 18.5 Å². The summed E-state index contributed by atoms with van der Waals surface area (Å²) in [4.78, 5) is 11.6. The second kappa shape index (κ2) is 5.28. The number of Topliss-reactive ketones (excluding diaryl/α,β-unsaturated/α-hetero) is 1. The van der Waals surface area contributed by atoms with Gasteiger partial charge in [0.15, 0.2) is 5.78 Å². The summed E-state index contributed by atoms with van der Waals surface area (Å²) in [5, 5.41) is 0. The fourth-order valence-corrected chi connectivity index (χ4v) is 1.41. The molecule has 0 bridgehead atoms. The minimum Gasteiger partial charge on any atom is -0.398 e. The molecule has 0 saturated carbocycles. The number of nitrogens with two attached hydrogens (primary N) is 1. The molecular formula is C11H14BrNO2. The molecule has 2 N–H and O–H groups in total. The number of ether oxygens (including phenoxy) is 1. The Morgan fingerprint density at radius 1 is 1.53 bits per heavy atom. The van der Waals surface area contributed by atoms with Crippen LogP contribution in [-0.4, -0.2) is 18.5 Å². The fraction of sp³-hybridized carbons (Fsp3) is 0.364. The van der Waals surface area contributed by atoms with E-state index in [2.05, 4.69) is 15.9 Å². The summed E-state index contributed by atoms with van der Waals surface area (Å²) in [5.41, 5.74) is 6.85. The molecule has 0 aromatic heterocycles. The molecule has 4 heteroatoms. The highest BCUT2D eigenvalue weighted by Crippen LogP contribution is 2.20. The zero-order chi connectivity index (χ0) is 11.4. The Balaban J connectivity index is 2.70. The monoisotopic (exact) mass is 271 g/mol. The zero-order valence-corrected chi connectivity index (χ0v) is 10.4. The van der Waals surface area contributed by atoms with Gasteiger partial charge in [-0.15, -0.1) is 0 Å². The fourth-order valence-electron chi connectivity index (χ4n) is 1.03. The third-order valence-corrected chi connectivity index (χ3v) is 2.56. The number of anilines is 1. The van der Waals surface area contributed by atoms with Crippen molar-refractivity contribution in [3.05, 3.63) is 28.2 Å². The van der Waals surface area contributed by atoms with Gasteiger partial charge in [0.2, 0.25) is 0 Å². The van der Waals surface area contributed by atoms with Crippen molar-refractivity contribution < 1.29 is 9.53 Å².